The molecular formula is C10H15NO2S. The maximum Gasteiger partial charge on any atom is 0.120 e. The van der Waals surface area contributed by atoms with Crippen LogP contribution in [0.2, 0.25) is 0 Å². The highest BCUT2D eigenvalue weighted by molar-refractivity contribution is 7.12. The van der Waals surface area contributed by atoms with Gasteiger partial charge < -0.3 is 15.6 Å². The molecule has 0 radical (unpaired) electrons. The molecule has 78 valence electrons. The van der Waals surface area contributed by atoms with Crippen molar-refractivity contribution in [3.05, 3.63) is 21.9 Å². The van der Waals surface area contributed by atoms with E-state index >= 15 is 0 Å². The maximum absolute atomic E-state index is 10.3. The minimum Gasteiger partial charge on any atom is -0.550 e. The molecule has 4 heteroatoms. The Hall–Kier alpha value is -0.870. The van der Waals surface area contributed by atoms with E-state index < -0.39 is 5.97 Å². The van der Waals surface area contributed by atoms with Gasteiger partial charge in [0.25, 0.3) is 0 Å². The van der Waals surface area contributed by atoms with Gasteiger partial charge in [-0.2, -0.15) is 0 Å². The Morgan fingerprint density at radius 2 is 2.36 bits per heavy atom. The Morgan fingerprint density at radius 3 is 2.86 bits per heavy atom. The van der Waals surface area contributed by atoms with Crippen molar-refractivity contribution < 1.29 is 15.6 Å². The highest BCUT2D eigenvalue weighted by Gasteiger charge is 2.11. The van der Waals surface area contributed by atoms with Gasteiger partial charge in [0.2, 0.25) is 0 Å². The average molecular weight is 213 g/mol. The smallest absolute Gasteiger partial charge is 0.120 e. The summed E-state index contributed by atoms with van der Waals surface area (Å²) in [5, 5.41) is 10.3. The third-order valence-corrected chi connectivity index (χ3v) is 3.52. The quantitative estimate of drug-likeness (QED) is 0.755. The van der Waals surface area contributed by atoms with Crippen LogP contribution in [0.5, 0.6) is 0 Å². The van der Waals surface area contributed by atoms with Crippen LogP contribution in [0.25, 0.3) is 0 Å². The summed E-state index contributed by atoms with van der Waals surface area (Å²) in [5.74, 6) is -0.995. The number of carboxylic acids is 1. The largest absolute Gasteiger partial charge is 0.550 e. The molecule has 0 amide bonds. The van der Waals surface area contributed by atoms with Gasteiger partial charge in [0.05, 0.1) is 4.88 Å². The van der Waals surface area contributed by atoms with Crippen molar-refractivity contribution in [3.63, 3.8) is 0 Å². The van der Waals surface area contributed by atoms with Crippen LogP contribution < -0.4 is 10.8 Å². The van der Waals surface area contributed by atoms with Crippen molar-refractivity contribution in [2.24, 2.45) is 0 Å². The number of quaternary nitrogens is 1. The van der Waals surface area contributed by atoms with Crippen molar-refractivity contribution in [2.75, 3.05) is 0 Å². The molecule has 1 aromatic heterocycles. The Kier molecular flexibility index (Phi) is 4.10. The lowest BCUT2D eigenvalue weighted by atomic mass is 10.1. The van der Waals surface area contributed by atoms with Crippen LogP contribution in [0.4, 0.5) is 0 Å². The Bertz CT molecular complexity index is 309. The Morgan fingerprint density at radius 1 is 1.64 bits per heavy atom. The standard InChI is InChI=1S/C10H15NO2S/c1-2-7-3-5-9(14-7)8(11)4-6-10(12)13/h3,5,8H,2,4,6,11H2,1H3,(H,12,13)/t8-/m1/s1. The Labute approximate surface area is 87.6 Å². The van der Waals surface area contributed by atoms with Crippen molar-refractivity contribution in [1.29, 1.82) is 0 Å². The molecular weight excluding hydrogens is 198 g/mol. The van der Waals surface area contributed by atoms with Gasteiger partial charge in [-0.3, -0.25) is 0 Å². The summed E-state index contributed by atoms with van der Waals surface area (Å²) >= 11 is 1.72. The second-order valence-electron chi connectivity index (χ2n) is 3.27. The van der Waals surface area contributed by atoms with Gasteiger partial charge in [0.15, 0.2) is 0 Å². The summed E-state index contributed by atoms with van der Waals surface area (Å²) in [6.07, 6.45) is 1.68. The molecule has 1 rings (SSSR count). The summed E-state index contributed by atoms with van der Waals surface area (Å²) < 4.78 is 0. The molecule has 1 atom stereocenters. The summed E-state index contributed by atoms with van der Waals surface area (Å²) in [6.45, 7) is 2.11. The van der Waals surface area contributed by atoms with Crippen LogP contribution in [0.3, 0.4) is 0 Å². The average Bonchev–Trinajstić information content (AvgIpc) is 2.62. The molecule has 0 saturated heterocycles. The van der Waals surface area contributed by atoms with E-state index in [0.29, 0.717) is 6.42 Å². The van der Waals surface area contributed by atoms with Gasteiger partial charge in [-0.15, -0.1) is 11.3 Å². The molecule has 0 unspecified atom stereocenters. The predicted octanol–water partition coefficient (Wildman–Crippen LogP) is 0.124. The molecule has 1 aromatic rings. The molecule has 0 aliphatic carbocycles. The summed E-state index contributed by atoms with van der Waals surface area (Å²) in [5.41, 5.74) is 3.95. The fraction of sp³-hybridized carbons (Fsp3) is 0.500. The minimum absolute atomic E-state index is 0.0817. The number of rotatable bonds is 5. The number of carbonyl (C=O) groups excluding carboxylic acids is 1. The maximum atomic E-state index is 10.3. The van der Waals surface area contributed by atoms with Gasteiger partial charge in [0.1, 0.15) is 6.04 Å². The zero-order valence-electron chi connectivity index (χ0n) is 8.29. The Balaban J connectivity index is 2.51. The molecule has 0 aliphatic rings. The van der Waals surface area contributed by atoms with Gasteiger partial charge >= 0.3 is 0 Å². The number of aliphatic carboxylic acids is 1. The van der Waals surface area contributed by atoms with E-state index in [1.54, 1.807) is 11.3 Å². The third-order valence-electron chi connectivity index (χ3n) is 2.13. The first-order valence-electron chi connectivity index (χ1n) is 4.75. The first-order chi connectivity index (χ1) is 6.63. The molecule has 0 saturated carbocycles. The van der Waals surface area contributed by atoms with Crippen molar-refractivity contribution in [1.82, 2.24) is 0 Å². The third kappa shape index (κ3) is 3.12. The molecule has 0 bridgehead atoms. The number of carbonyl (C=O) groups is 1. The molecule has 0 spiro atoms. The number of aryl methyl sites for hydroxylation is 1. The van der Waals surface area contributed by atoms with Gasteiger partial charge in [0, 0.05) is 17.3 Å². The summed E-state index contributed by atoms with van der Waals surface area (Å²) in [6, 6.07) is 4.20. The zero-order chi connectivity index (χ0) is 10.6. The van der Waals surface area contributed by atoms with Crippen LogP contribution in [0, 0.1) is 0 Å². The van der Waals surface area contributed by atoms with Crippen LogP contribution >= 0.6 is 11.3 Å². The predicted molar refractivity (Wildman–Crippen MR) is 53.6 cm³/mol. The van der Waals surface area contributed by atoms with Gasteiger partial charge in [-0.05, 0) is 25.0 Å². The molecule has 1 heterocycles. The summed E-state index contributed by atoms with van der Waals surface area (Å²) in [4.78, 5) is 12.8. The normalized spacial score (nSPS) is 12.7. The van der Waals surface area contributed by atoms with E-state index in [4.69, 9.17) is 0 Å². The van der Waals surface area contributed by atoms with Gasteiger partial charge in [-0.1, -0.05) is 6.92 Å². The molecule has 0 aliphatic heterocycles. The number of thiophene rings is 1. The molecule has 14 heavy (non-hydrogen) atoms. The highest BCUT2D eigenvalue weighted by atomic mass is 32.1. The van der Waals surface area contributed by atoms with E-state index in [9.17, 15) is 9.90 Å². The lowest BCUT2D eigenvalue weighted by Gasteiger charge is -2.06. The van der Waals surface area contributed by atoms with Crippen LogP contribution in [0.1, 0.15) is 35.6 Å². The number of carboxylic acid groups (broad SMARTS) is 1. The highest BCUT2D eigenvalue weighted by Crippen LogP contribution is 2.23. The molecule has 0 fully saturated rings. The van der Waals surface area contributed by atoms with Crippen LogP contribution in [-0.2, 0) is 11.2 Å². The van der Waals surface area contributed by atoms with E-state index in [1.807, 2.05) is 6.07 Å². The van der Waals surface area contributed by atoms with E-state index in [1.165, 1.54) is 9.75 Å². The first-order valence-corrected chi connectivity index (χ1v) is 5.56. The second-order valence-corrected chi connectivity index (χ2v) is 4.47. The number of hydrogen-bond acceptors (Lipinski definition) is 3. The lowest BCUT2D eigenvalue weighted by molar-refractivity contribution is -0.427. The minimum atomic E-state index is -0.995. The number of hydrogen-bond donors (Lipinski definition) is 1. The van der Waals surface area contributed by atoms with Crippen molar-refractivity contribution >= 4 is 17.3 Å². The van der Waals surface area contributed by atoms with Crippen molar-refractivity contribution in [3.8, 4) is 0 Å². The second kappa shape index (κ2) is 5.12. The SMILES string of the molecule is CCc1ccc([C@H]([NH3+])CCC(=O)[O-])s1. The van der Waals surface area contributed by atoms with Crippen molar-refractivity contribution in [2.45, 2.75) is 32.2 Å². The zero-order valence-corrected chi connectivity index (χ0v) is 9.10. The molecule has 3 N–H and O–H groups in total. The topological polar surface area (TPSA) is 67.8 Å². The molecule has 0 aromatic carbocycles. The van der Waals surface area contributed by atoms with Crippen LogP contribution in [0.15, 0.2) is 12.1 Å². The fourth-order valence-electron chi connectivity index (χ4n) is 1.24. The molecule has 3 nitrogen and oxygen atoms in total. The fourth-order valence-corrected chi connectivity index (χ4v) is 2.24. The first kappa shape index (κ1) is 11.2. The summed E-state index contributed by atoms with van der Waals surface area (Å²) in [7, 11) is 0. The van der Waals surface area contributed by atoms with E-state index in [2.05, 4.69) is 18.7 Å². The lowest BCUT2D eigenvalue weighted by Crippen LogP contribution is -2.53. The monoisotopic (exact) mass is 213 g/mol. The van der Waals surface area contributed by atoms with E-state index in [0.717, 1.165) is 6.42 Å². The van der Waals surface area contributed by atoms with E-state index in [-0.39, 0.29) is 12.5 Å². The van der Waals surface area contributed by atoms with Crippen LogP contribution in [-0.4, -0.2) is 5.97 Å². The van der Waals surface area contributed by atoms with Gasteiger partial charge in [-0.25, -0.2) is 0 Å².